The summed E-state index contributed by atoms with van der Waals surface area (Å²) in [7, 11) is 0. The van der Waals surface area contributed by atoms with Gasteiger partial charge in [0, 0.05) is 17.0 Å². The second kappa shape index (κ2) is 5.44. The fraction of sp³-hybridized carbons (Fsp3) is 0.211. The molecule has 25 heavy (non-hydrogen) atoms. The van der Waals surface area contributed by atoms with E-state index in [1.807, 2.05) is 48.5 Å². The number of nitrogens with one attached hydrogen (secondary N) is 1. The van der Waals surface area contributed by atoms with Gasteiger partial charge in [0.15, 0.2) is 5.82 Å². The molecule has 1 aliphatic heterocycles. The van der Waals surface area contributed by atoms with Crippen molar-refractivity contribution in [1.82, 2.24) is 10.1 Å². The van der Waals surface area contributed by atoms with E-state index in [4.69, 9.17) is 9.26 Å². The number of carbonyl (C=O) groups is 1. The number of para-hydroxylation sites is 2. The van der Waals surface area contributed by atoms with Gasteiger partial charge in [-0.25, -0.2) is 0 Å². The Kier molecular flexibility index (Phi) is 3.09. The quantitative estimate of drug-likeness (QED) is 0.788. The van der Waals surface area contributed by atoms with Crippen LogP contribution in [-0.2, 0) is 4.79 Å². The van der Waals surface area contributed by atoms with E-state index in [-0.39, 0.29) is 11.9 Å². The van der Waals surface area contributed by atoms with Crippen molar-refractivity contribution in [3.63, 3.8) is 0 Å². The Morgan fingerprint density at radius 1 is 1.00 bits per heavy atom. The number of amides is 1. The van der Waals surface area contributed by atoms with Crippen molar-refractivity contribution in [2.24, 2.45) is 0 Å². The lowest BCUT2D eigenvalue weighted by Crippen LogP contribution is -2.25. The molecule has 0 radical (unpaired) electrons. The van der Waals surface area contributed by atoms with E-state index in [1.54, 1.807) is 0 Å². The van der Waals surface area contributed by atoms with Crippen LogP contribution in [0.4, 0.5) is 6.01 Å². The van der Waals surface area contributed by atoms with Crippen LogP contribution in [0.5, 0.6) is 11.5 Å². The molecule has 0 bridgehead atoms. The molecule has 0 unspecified atom stereocenters. The molecule has 124 valence electrons. The molecular formula is C19H15N3O3. The molecule has 1 saturated carbocycles. The van der Waals surface area contributed by atoms with Crippen molar-refractivity contribution in [3.8, 4) is 11.5 Å². The fourth-order valence-corrected chi connectivity index (χ4v) is 3.16. The van der Waals surface area contributed by atoms with Gasteiger partial charge in [-0.05, 0) is 25.0 Å². The molecular weight excluding hydrogens is 318 g/mol. The SMILES string of the molecule is O=C(Nc1nc(C2CC2)no1)C1c2ccccc2Oc2ccccc21. The molecule has 2 aromatic carbocycles. The Morgan fingerprint density at radius 3 is 2.28 bits per heavy atom. The lowest BCUT2D eigenvalue weighted by molar-refractivity contribution is -0.117. The zero-order chi connectivity index (χ0) is 16.8. The van der Waals surface area contributed by atoms with Crippen molar-refractivity contribution >= 4 is 11.9 Å². The van der Waals surface area contributed by atoms with Gasteiger partial charge in [-0.15, -0.1) is 0 Å². The molecule has 6 nitrogen and oxygen atoms in total. The van der Waals surface area contributed by atoms with Crippen LogP contribution in [0.1, 0.15) is 41.6 Å². The fourth-order valence-electron chi connectivity index (χ4n) is 3.16. The first kappa shape index (κ1) is 14.2. The van der Waals surface area contributed by atoms with Crippen molar-refractivity contribution < 1.29 is 14.1 Å². The summed E-state index contributed by atoms with van der Waals surface area (Å²) >= 11 is 0. The minimum Gasteiger partial charge on any atom is -0.457 e. The molecule has 2 aliphatic rings. The summed E-state index contributed by atoms with van der Waals surface area (Å²) in [5.74, 6) is 1.71. The number of hydrogen-bond acceptors (Lipinski definition) is 5. The highest BCUT2D eigenvalue weighted by atomic mass is 16.5. The maximum atomic E-state index is 13.0. The summed E-state index contributed by atoms with van der Waals surface area (Å²) in [4.78, 5) is 17.3. The van der Waals surface area contributed by atoms with Gasteiger partial charge in [0.25, 0.3) is 0 Å². The minimum absolute atomic E-state index is 0.147. The van der Waals surface area contributed by atoms with Gasteiger partial charge >= 0.3 is 6.01 Å². The number of hydrogen-bond donors (Lipinski definition) is 1. The topological polar surface area (TPSA) is 77.3 Å². The number of carbonyl (C=O) groups excluding carboxylic acids is 1. The monoisotopic (exact) mass is 333 g/mol. The lowest BCUT2D eigenvalue weighted by atomic mass is 9.87. The van der Waals surface area contributed by atoms with Gasteiger partial charge in [0.2, 0.25) is 5.91 Å². The van der Waals surface area contributed by atoms with Gasteiger partial charge in [-0.1, -0.05) is 41.6 Å². The third-order valence-electron chi connectivity index (χ3n) is 4.56. The van der Waals surface area contributed by atoms with Crippen LogP contribution < -0.4 is 10.1 Å². The highest BCUT2D eigenvalue weighted by Gasteiger charge is 2.34. The summed E-state index contributed by atoms with van der Waals surface area (Å²) in [5.41, 5.74) is 1.64. The number of fused-ring (bicyclic) bond motifs is 2. The summed E-state index contributed by atoms with van der Waals surface area (Å²) in [5, 5.41) is 6.70. The standard InChI is InChI=1S/C19H15N3O3/c23-18(21-19-20-17(22-25-19)11-9-10-11)16-12-5-1-3-7-14(12)24-15-8-4-2-6-13(15)16/h1-8,11,16H,9-10H2,(H,20,21,22,23). The molecule has 1 aliphatic carbocycles. The van der Waals surface area contributed by atoms with Crippen LogP contribution in [0.15, 0.2) is 53.1 Å². The van der Waals surface area contributed by atoms with Crippen LogP contribution in [0, 0.1) is 0 Å². The Balaban J connectivity index is 1.50. The van der Waals surface area contributed by atoms with Crippen LogP contribution >= 0.6 is 0 Å². The first-order valence-corrected chi connectivity index (χ1v) is 8.30. The number of ether oxygens (including phenoxy) is 1. The minimum atomic E-state index is -0.488. The lowest BCUT2D eigenvalue weighted by Gasteiger charge is -2.26. The van der Waals surface area contributed by atoms with Gasteiger partial charge in [-0.3, -0.25) is 10.1 Å². The van der Waals surface area contributed by atoms with E-state index in [2.05, 4.69) is 15.5 Å². The number of anilines is 1. The highest BCUT2D eigenvalue weighted by Crippen LogP contribution is 2.44. The molecule has 0 saturated heterocycles. The second-order valence-corrected chi connectivity index (χ2v) is 6.33. The average Bonchev–Trinajstić information content (AvgIpc) is 3.39. The Morgan fingerprint density at radius 2 is 1.64 bits per heavy atom. The molecule has 2 heterocycles. The van der Waals surface area contributed by atoms with Crippen LogP contribution in [0.25, 0.3) is 0 Å². The Bertz CT molecular complexity index is 916. The maximum Gasteiger partial charge on any atom is 0.328 e. The van der Waals surface area contributed by atoms with Gasteiger partial charge in [-0.2, -0.15) is 4.98 Å². The number of benzene rings is 2. The zero-order valence-corrected chi connectivity index (χ0v) is 13.3. The first-order valence-electron chi connectivity index (χ1n) is 8.30. The van der Waals surface area contributed by atoms with E-state index >= 15 is 0 Å². The second-order valence-electron chi connectivity index (χ2n) is 6.33. The molecule has 3 aromatic rings. The van der Waals surface area contributed by atoms with Gasteiger partial charge < -0.3 is 9.26 Å². The molecule has 1 fully saturated rings. The normalized spacial score (nSPS) is 15.8. The molecule has 5 rings (SSSR count). The summed E-state index contributed by atoms with van der Waals surface area (Å²) in [6, 6.07) is 15.3. The molecule has 1 N–H and O–H groups in total. The molecule has 6 heteroatoms. The van der Waals surface area contributed by atoms with Crippen molar-refractivity contribution in [1.29, 1.82) is 0 Å². The maximum absolute atomic E-state index is 13.0. The predicted octanol–water partition coefficient (Wildman–Crippen LogP) is 3.82. The molecule has 0 spiro atoms. The van der Waals surface area contributed by atoms with Crippen molar-refractivity contribution in [2.45, 2.75) is 24.7 Å². The largest absolute Gasteiger partial charge is 0.457 e. The number of aromatic nitrogens is 2. The van der Waals surface area contributed by atoms with E-state index in [0.717, 1.165) is 24.0 Å². The van der Waals surface area contributed by atoms with Crippen molar-refractivity contribution in [2.75, 3.05) is 5.32 Å². The molecule has 1 amide bonds. The average molecular weight is 333 g/mol. The number of rotatable bonds is 3. The highest BCUT2D eigenvalue weighted by molar-refractivity contribution is 5.98. The van der Waals surface area contributed by atoms with Crippen LogP contribution in [-0.4, -0.2) is 16.0 Å². The Labute approximate surface area is 143 Å². The van der Waals surface area contributed by atoms with E-state index < -0.39 is 5.92 Å². The predicted molar refractivity (Wildman–Crippen MR) is 89.7 cm³/mol. The van der Waals surface area contributed by atoms with Crippen molar-refractivity contribution in [3.05, 3.63) is 65.5 Å². The summed E-state index contributed by atoms with van der Waals surface area (Å²) < 4.78 is 11.1. The number of nitrogens with zero attached hydrogens (tertiary/aromatic N) is 2. The molecule has 0 atom stereocenters. The van der Waals surface area contributed by atoms with E-state index in [0.29, 0.717) is 23.2 Å². The smallest absolute Gasteiger partial charge is 0.328 e. The van der Waals surface area contributed by atoms with Crippen LogP contribution in [0.2, 0.25) is 0 Å². The zero-order valence-electron chi connectivity index (χ0n) is 13.3. The third kappa shape index (κ3) is 2.46. The van der Waals surface area contributed by atoms with E-state index in [1.165, 1.54) is 0 Å². The summed E-state index contributed by atoms with van der Waals surface area (Å²) in [6.45, 7) is 0. The third-order valence-corrected chi connectivity index (χ3v) is 4.56. The van der Waals surface area contributed by atoms with Crippen LogP contribution in [0.3, 0.4) is 0 Å². The molecule has 1 aromatic heterocycles. The first-order chi connectivity index (χ1) is 12.3. The Hall–Kier alpha value is -3.15. The van der Waals surface area contributed by atoms with Gasteiger partial charge in [0.05, 0.1) is 5.92 Å². The van der Waals surface area contributed by atoms with Gasteiger partial charge in [0.1, 0.15) is 11.5 Å². The van der Waals surface area contributed by atoms with E-state index in [9.17, 15) is 4.79 Å². The summed E-state index contributed by atoms with van der Waals surface area (Å²) in [6.07, 6.45) is 2.15.